The van der Waals surface area contributed by atoms with Crippen molar-refractivity contribution in [2.45, 2.75) is 33.2 Å². The van der Waals surface area contributed by atoms with E-state index in [0.29, 0.717) is 13.3 Å². The van der Waals surface area contributed by atoms with Crippen molar-refractivity contribution >= 4 is 51.8 Å². The highest BCUT2D eigenvalue weighted by Gasteiger charge is 2.32. The quantitative estimate of drug-likeness (QED) is 0.141. The number of para-hydroxylation sites is 1. The summed E-state index contributed by atoms with van der Waals surface area (Å²) in [5.41, 5.74) is 13.1. The van der Waals surface area contributed by atoms with Crippen LogP contribution in [0.4, 0.5) is 17.1 Å². The topological polar surface area (TPSA) is 37.7 Å². The maximum absolute atomic E-state index is 5.30. The summed E-state index contributed by atoms with van der Waals surface area (Å²) in [6.07, 6.45) is 9.78. The normalized spacial score (nSPS) is 16.4. The molecule has 7 heteroatoms. The van der Waals surface area contributed by atoms with Crippen LogP contribution >= 0.6 is 0 Å². The molecule has 6 aromatic rings. The predicted octanol–water partition coefficient (Wildman–Crippen LogP) is 8.10. The fraction of sp³-hybridized carbons (Fsp3) is 0.143. The average molecular weight is 729 g/mol. The smallest absolute Gasteiger partial charge is 0.242 e. The number of hydrogen-bond donors (Lipinski definition) is 0. The molecule has 3 aliphatic rings. The Kier molecular flexibility index (Phi) is 9.58. The molecule has 0 saturated carbocycles. The van der Waals surface area contributed by atoms with E-state index in [1.807, 2.05) is 0 Å². The summed E-state index contributed by atoms with van der Waals surface area (Å²) in [4.78, 5) is 4.72. The number of hydrogen-bond acceptors (Lipinski definition) is 6. The van der Waals surface area contributed by atoms with Crippen molar-refractivity contribution in [2.75, 3.05) is 28.3 Å². The summed E-state index contributed by atoms with van der Waals surface area (Å²) in [7, 11) is 0. The number of allylic oxidation sites excluding steroid dienone is 2. The second kappa shape index (κ2) is 15.3. The van der Waals surface area contributed by atoms with Gasteiger partial charge < -0.3 is 9.80 Å². The number of nitrogens with zero attached hydrogens (tertiary/aromatic N) is 6. The Morgan fingerprint density at radius 3 is 1.66 bits per heavy atom. The summed E-state index contributed by atoms with van der Waals surface area (Å²) in [5.74, 6) is 1.94. The van der Waals surface area contributed by atoms with E-state index >= 15 is 0 Å². The van der Waals surface area contributed by atoms with Crippen molar-refractivity contribution in [3.63, 3.8) is 0 Å². The second-order valence-corrected chi connectivity index (χ2v) is 14.9. The summed E-state index contributed by atoms with van der Waals surface area (Å²) >= 11 is 0. The first kappa shape index (κ1) is 35.1. The Morgan fingerprint density at radius 2 is 1.07 bits per heavy atom. The minimum Gasteiger partial charge on any atom is -0.328 e. The Bertz CT molecular complexity index is 2450. The van der Waals surface area contributed by atoms with Gasteiger partial charge in [-0.05, 0) is 63.6 Å². The third-order valence-corrected chi connectivity index (χ3v) is 11.0. The first-order valence-electron chi connectivity index (χ1n) is 19.5. The minimum absolute atomic E-state index is 0.0106. The third-order valence-electron chi connectivity index (χ3n) is 11.0. The van der Waals surface area contributed by atoms with Crippen molar-refractivity contribution in [3.8, 4) is 0 Å². The minimum atomic E-state index is -0.0106. The molecule has 0 fully saturated rings. The van der Waals surface area contributed by atoms with Gasteiger partial charge in [-0.1, -0.05) is 173 Å². The van der Waals surface area contributed by atoms with Crippen molar-refractivity contribution < 1.29 is 0 Å². The highest BCUT2D eigenvalue weighted by atomic mass is 15.6. The van der Waals surface area contributed by atoms with Gasteiger partial charge in [0.05, 0.1) is 17.4 Å². The summed E-state index contributed by atoms with van der Waals surface area (Å²) < 4.78 is 0. The number of hydrazone groups is 2. The van der Waals surface area contributed by atoms with Gasteiger partial charge in [0.2, 0.25) is 6.71 Å². The molecule has 0 amide bonds. The van der Waals surface area contributed by atoms with Gasteiger partial charge in [-0.2, -0.15) is 10.2 Å². The van der Waals surface area contributed by atoms with Gasteiger partial charge in [0.1, 0.15) is 13.3 Å². The lowest BCUT2D eigenvalue weighted by Gasteiger charge is -2.29. The molecule has 1 aliphatic carbocycles. The molecule has 0 aromatic heterocycles. The van der Waals surface area contributed by atoms with E-state index in [2.05, 4.69) is 217 Å². The zero-order valence-electron chi connectivity index (χ0n) is 32.2. The van der Waals surface area contributed by atoms with E-state index in [1.54, 1.807) is 0 Å². The van der Waals surface area contributed by atoms with Crippen LogP contribution in [0, 0.1) is 20.8 Å². The van der Waals surface area contributed by atoms with E-state index < -0.39 is 0 Å². The SMILES string of the molecule is Cc1cc(C)c(B(c2cccc(N3CN(c4ccccc4)C(c4ccccc4)=N3)c2)c2cccc(N3CN([C@@H]4C=CC=CC4)C(c4ccccc4)=N3)c2)c(C)c1. The standard InChI is InChI=1S/C49H45BN6/c1-36-30-37(2)47(38(3)31-36)50(41-22-16-28-45(32-41)55-34-53(43-24-12-6-13-25-43)48(51-55)39-18-8-4-9-19-39)42-23-17-29-46(33-42)56-35-54(44-26-14-7-15-27-44)49(52-56)40-20-10-5-11-21-40/h4-26,28-33,44H,27,34-35H2,1-3H3/t44-/m1/s1. The van der Waals surface area contributed by atoms with E-state index in [-0.39, 0.29) is 12.8 Å². The molecule has 0 radical (unpaired) electrons. The zero-order valence-corrected chi connectivity index (χ0v) is 32.2. The number of anilines is 3. The molecule has 2 heterocycles. The van der Waals surface area contributed by atoms with Crippen LogP contribution in [0.25, 0.3) is 0 Å². The molecule has 6 aromatic carbocycles. The Hall–Kier alpha value is -6.60. The molecule has 1 atom stereocenters. The van der Waals surface area contributed by atoms with Crippen LogP contribution in [0.5, 0.6) is 0 Å². The summed E-state index contributed by atoms with van der Waals surface area (Å²) in [6.45, 7) is 7.97. The van der Waals surface area contributed by atoms with Crippen LogP contribution in [0.2, 0.25) is 0 Å². The van der Waals surface area contributed by atoms with Gasteiger partial charge in [0.15, 0.2) is 11.7 Å². The van der Waals surface area contributed by atoms with Crippen molar-refractivity contribution in [3.05, 3.63) is 204 Å². The molecule has 6 nitrogen and oxygen atoms in total. The van der Waals surface area contributed by atoms with E-state index in [4.69, 9.17) is 10.2 Å². The van der Waals surface area contributed by atoms with Crippen LogP contribution in [0.3, 0.4) is 0 Å². The highest BCUT2D eigenvalue weighted by Crippen LogP contribution is 2.28. The maximum atomic E-state index is 5.30. The largest absolute Gasteiger partial charge is 0.328 e. The van der Waals surface area contributed by atoms with Gasteiger partial charge in [0.25, 0.3) is 0 Å². The van der Waals surface area contributed by atoms with E-state index in [1.165, 1.54) is 33.1 Å². The van der Waals surface area contributed by atoms with Crippen LogP contribution in [0.15, 0.2) is 186 Å². The molecule has 0 bridgehead atoms. The Balaban J connectivity index is 1.11. The lowest BCUT2D eigenvalue weighted by atomic mass is 9.35. The van der Waals surface area contributed by atoms with Gasteiger partial charge in [-0.3, -0.25) is 0 Å². The summed E-state index contributed by atoms with van der Waals surface area (Å²) in [5, 5.41) is 14.9. The number of rotatable bonds is 9. The van der Waals surface area contributed by atoms with Crippen LogP contribution in [0.1, 0.15) is 34.2 Å². The first-order chi connectivity index (χ1) is 27.5. The van der Waals surface area contributed by atoms with Crippen molar-refractivity contribution in [1.29, 1.82) is 0 Å². The molecule has 0 saturated heterocycles. The molecule has 0 unspecified atom stereocenters. The molecule has 274 valence electrons. The highest BCUT2D eigenvalue weighted by molar-refractivity contribution is 6.96. The fourth-order valence-electron chi connectivity index (χ4n) is 8.48. The Morgan fingerprint density at radius 1 is 0.536 bits per heavy atom. The van der Waals surface area contributed by atoms with Crippen LogP contribution in [-0.4, -0.2) is 42.7 Å². The molecule has 2 aliphatic heterocycles. The van der Waals surface area contributed by atoms with Crippen molar-refractivity contribution in [1.82, 2.24) is 4.90 Å². The summed E-state index contributed by atoms with van der Waals surface area (Å²) in [6, 6.07) is 54.5. The lowest BCUT2D eigenvalue weighted by Crippen LogP contribution is -2.54. The monoisotopic (exact) mass is 728 g/mol. The van der Waals surface area contributed by atoms with Gasteiger partial charge in [-0.25, -0.2) is 10.0 Å². The zero-order chi connectivity index (χ0) is 38.0. The predicted molar refractivity (Wildman–Crippen MR) is 236 cm³/mol. The van der Waals surface area contributed by atoms with Gasteiger partial charge in [-0.15, -0.1) is 0 Å². The Labute approximate surface area is 331 Å². The number of benzene rings is 6. The molecule has 9 rings (SSSR count). The van der Waals surface area contributed by atoms with Crippen LogP contribution < -0.4 is 31.3 Å². The molecular weight excluding hydrogens is 683 g/mol. The van der Waals surface area contributed by atoms with E-state index in [9.17, 15) is 0 Å². The first-order valence-corrected chi connectivity index (χ1v) is 19.5. The number of amidine groups is 2. The maximum Gasteiger partial charge on any atom is 0.242 e. The van der Waals surface area contributed by atoms with Gasteiger partial charge in [0, 0.05) is 16.8 Å². The van der Waals surface area contributed by atoms with Crippen molar-refractivity contribution in [2.24, 2.45) is 10.2 Å². The molecule has 56 heavy (non-hydrogen) atoms. The number of aryl methyl sites for hydroxylation is 3. The lowest BCUT2D eigenvalue weighted by molar-refractivity contribution is 0.382. The fourth-order valence-corrected chi connectivity index (χ4v) is 8.48. The molecule has 0 spiro atoms. The average Bonchev–Trinajstić information content (AvgIpc) is 3.90. The van der Waals surface area contributed by atoms with Gasteiger partial charge >= 0.3 is 0 Å². The molecular formula is C49H45BN6. The second-order valence-electron chi connectivity index (χ2n) is 14.9. The molecule has 0 N–H and O–H groups in total. The van der Waals surface area contributed by atoms with E-state index in [0.717, 1.165) is 46.3 Å². The van der Waals surface area contributed by atoms with Crippen LogP contribution in [-0.2, 0) is 0 Å². The third kappa shape index (κ3) is 6.93.